The second-order valence-corrected chi connectivity index (χ2v) is 3.57. The number of hydrogen-bond acceptors (Lipinski definition) is 2. The number of carboxylic acids is 1. The highest BCUT2D eigenvalue weighted by Crippen LogP contribution is 2.16. The van der Waals surface area contributed by atoms with Gasteiger partial charge in [0.15, 0.2) is 0 Å². The number of halogens is 1. The Hall–Kier alpha value is -2.11. The molecule has 1 unspecified atom stereocenters. The van der Waals surface area contributed by atoms with Crippen LogP contribution in [0, 0.1) is 12.7 Å². The van der Waals surface area contributed by atoms with Crippen LogP contribution in [0.25, 0.3) is 0 Å². The van der Waals surface area contributed by atoms with Gasteiger partial charge < -0.3 is 15.7 Å². The maximum absolute atomic E-state index is 13.2. The number of aliphatic carboxylic acids is 1. The lowest BCUT2D eigenvalue weighted by Crippen LogP contribution is -2.41. The van der Waals surface area contributed by atoms with E-state index in [4.69, 9.17) is 5.11 Å². The van der Waals surface area contributed by atoms with Crippen molar-refractivity contribution < 1.29 is 19.1 Å². The third kappa shape index (κ3) is 3.44. The molecule has 1 aromatic carbocycles. The minimum Gasteiger partial charge on any atom is -0.480 e. The molecule has 3 N–H and O–H groups in total. The van der Waals surface area contributed by atoms with Crippen LogP contribution in [-0.4, -0.2) is 23.1 Å². The SMILES string of the molecule is Cc1c(F)cccc1NC(=O)NC(C)C(=O)O. The standard InChI is InChI=1S/C11H13FN2O3/c1-6-8(12)4-3-5-9(6)14-11(17)13-7(2)10(15)16/h3-5,7H,1-2H3,(H,15,16)(H2,13,14,17). The Labute approximate surface area is 97.6 Å². The van der Waals surface area contributed by atoms with Crippen molar-refractivity contribution in [2.24, 2.45) is 0 Å². The van der Waals surface area contributed by atoms with Crippen molar-refractivity contribution in [3.05, 3.63) is 29.6 Å². The van der Waals surface area contributed by atoms with E-state index in [1.165, 1.54) is 32.0 Å². The molecule has 0 spiro atoms. The van der Waals surface area contributed by atoms with Gasteiger partial charge in [-0.3, -0.25) is 4.79 Å². The van der Waals surface area contributed by atoms with Crippen LogP contribution in [0.5, 0.6) is 0 Å². The monoisotopic (exact) mass is 240 g/mol. The van der Waals surface area contributed by atoms with Gasteiger partial charge in [0.05, 0.1) is 0 Å². The van der Waals surface area contributed by atoms with Crippen molar-refractivity contribution in [2.75, 3.05) is 5.32 Å². The van der Waals surface area contributed by atoms with E-state index in [9.17, 15) is 14.0 Å². The Morgan fingerprint density at radius 2 is 2.06 bits per heavy atom. The number of anilines is 1. The van der Waals surface area contributed by atoms with E-state index in [0.717, 1.165) is 0 Å². The number of benzene rings is 1. The van der Waals surface area contributed by atoms with Crippen LogP contribution in [0.3, 0.4) is 0 Å². The molecule has 92 valence electrons. The number of urea groups is 1. The summed E-state index contributed by atoms with van der Waals surface area (Å²) in [5.74, 6) is -1.58. The van der Waals surface area contributed by atoms with Crippen molar-refractivity contribution in [1.29, 1.82) is 0 Å². The van der Waals surface area contributed by atoms with Gasteiger partial charge in [-0.05, 0) is 26.0 Å². The van der Waals surface area contributed by atoms with Crippen molar-refractivity contribution in [3.63, 3.8) is 0 Å². The van der Waals surface area contributed by atoms with Crippen LogP contribution in [-0.2, 0) is 4.79 Å². The molecule has 1 rings (SSSR count). The molecule has 0 radical (unpaired) electrons. The van der Waals surface area contributed by atoms with Crippen LogP contribution in [0.1, 0.15) is 12.5 Å². The highest BCUT2D eigenvalue weighted by Gasteiger charge is 2.14. The Bertz CT molecular complexity index is 448. The number of carbonyl (C=O) groups is 2. The van der Waals surface area contributed by atoms with Gasteiger partial charge in [0.1, 0.15) is 11.9 Å². The van der Waals surface area contributed by atoms with E-state index in [-0.39, 0.29) is 0 Å². The number of carbonyl (C=O) groups excluding carboxylic acids is 1. The maximum atomic E-state index is 13.2. The lowest BCUT2D eigenvalue weighted by Gasteiger charge is -2.12. The zero-order valence-corrected chi connectivity index (χ0v) is 9.45. The van der Waals surface area contributed by atoms with Crippen molar-refractivity contribution in [3.8, 4) is 0 Å². The molecule has 0 fully saturated rings. The summed E-state index contributed by atoms with van der Waals surface area (Å²) in [7, 11) is 0. The molecule has 0 bridgehead atoms. The van der Waals surface area contributed by atoms with Crippen LogP contribution in [0.15, 0.2) is 18.2 Å². The number of amides is 2. The van der Waals surface area contributed by atoms with Crippen molar-refractivity contribution in [1.82, 2.24) is 5.32 Å². The van der Waals surface area contributed by atoms with Gasteiger partial charge in [-0.25, -0.2) is 9.18 Å². The first kappa shape index (κ1) is 13.0. The van der Waals surface area contributed by atoms with Crippen molar-refractivity contribution >= 4 is 17.7 Å². The van der Waals surface area contributed by atoms with Gasteiger partial charge >= 0.3 is 12.0 Å². The summed E-state index contributed by atoms with van der Waals surface area (Å²) in [5, 5.41) is 13.2. The van der Waals surface area contributed by atoms with E-state index >= 15 is 0 Å². The molecule has 1 atom stereocenters. The lowest BCUT2D eigenvalue weighted by molar-refractivity contribution is -0.138. The van der Waals surface area contributed by atoms with Crippen LogP contribution < -0.4 is 10.6 Å². The van der Waals surface area contributed by atoms with Crippen LogP contribution in [0.2, 0.25) is 0 Å². The summed E-state index contributed by atoms with van der Waals surface area (Å²) in [6, 6.07) is 2.57. The molecular weight excluding hydrogens is 227 g/mol. The third-order valence-corrected chi connectivity index (χ3v) is 2.23. The van der Waals surface area contributed by atoms with Crippen molar-refractivity contribution in [2.45, 2.75) is 19.9 Å². The lowest BCUT2D eigenvalue weighted by atomic mass is 10.2. The molecule has 0 saturated carbocycles. The van der Waals surface area contributed by atoms with Gasteiger partial charge in [0.2, 0.25) is 0 Å². The van der Waals surface area contributed by atoms with E-state index in [0.29, 0.717) is 11.3 Å². The number of hydrogen-bond donors (Lipinski definition) is 3. The molecule has 5 nitrogen and oxygen atoms in total. The summed E-state index contributed by atoms with van der Waals surface area (Å²) < 4.78 is 13.2. The highest BCUT2D eigenvalue weighted by atomic mass is 19.1. The first-order valence-electron chi connectivity index (χ1n) is 4.97. The van der Waals surface area contributed by atoms with Crippen LogP contribution >= 0.6 is 0 Å². The first-order chi connectivity index (χ1) is 7.91. The van der Waals surface area contributed by atoms with E-state index in [2.05, 4.69) is 10.6 Å². The third-order valence-electron chi connectivity index (χ3n) is 2.23. The molecule has 0 aliphatic heterocycles. The van der Waals surface area contributed by atoms with Gasteiger partial charge in [-0.1, -0.05) is 6.07 Å². The van der Waals surface area contributed by atoms with E-state index in [1.54, 1.807) is 0 Å². The summed E-state index contributed by atoms with van der Waals surface area (Å²) in [4.78, 5) is 21.9. The fourth-order valence-corrected chi connectivity index (χ4v) is 1.16. The van der Waals surface area contributed by atoms with Gasteiger partial charge in [-0.15, -0.1) is 0 Å². The molecule has 0 heterocycles. The Morgan fingerprint density at radius 3 is 2.65 bits per heavy atom. The number of rotatable bonds is 3. The Morgan fingerprint density at radius 1 is 1.41 bits per heavy atom. The summed E-state index contributed by atoms with van der Waals surface area (Å²) in [5.41, 5.74) is 0.603. The predicted octanol–water partition coefficient (Wildman–Crippen LogP) is 1.73. The number of carboxylic acid groups (broad SMARTS) is 1. The smallest absolute Gasteiger partial charge is 0.325 e. The fraction of sp³-hybridized carbons (Fsp3) is 0.273. The molecule has 0 aliphatic rings. The molecular formula is C11H13FN2O3. The second kappa shape index (κ2) is 5.29. The zero-order valence-electron chi connectivity index (χ0n) is 9.45. The molecule has 0 aliphatic carbocycles. The van der Waals surface area contributed by atoms with E-state index in [1.807, 2.05) is 0 Å². The summed E-state index contributed by atoms with van der Waals surface area (Å²) in [6.45, 7) is 2.85. The summed E-state index contributed by atoms with van der Waals surface area (Å²) in [6.07, 6.45) is 0. The normalized spacial score (nSPS) is 11.7. The average molecular weight is 240 g/mol. The molecule has 2 amide bonds. The Kier molecular flexibility index (Phi) is 4.03. The molecule has 0 saturated heterocycles. The van der Waals surface area contributed by atoms with Gasteiger partial charge in [0.25, 0.3) is 0 Å². The summed E-state index contributed by atoms with van der Waals surface area (Å²) >= 11 is 0. The van der Waals surface area contributed by atoms with E-state index < -0.39 is 23.9 Å². The minimum absolute atomic E-state index is 0.297. The first-order valence-corrected chi connectivity index (χ1v) is 4.97. The van der Waals surface area contributed by atoms with Gasteiger partial charge in [0, 0.05) is 11.3 Å². The quantitative estimate of drug-likeness (QED) is 0.752. The minimum atomic E-state index is -1.14. The van der Waals surface area contributed by atoms with Crippen LogP contribution in [0.4, 0.5) is 14.9 Å². The van der Waals surface area contributed by atoms with Gasteiger partial charge in [-0.2, -0.15) is 0 Å². The predicted molar refractivity (Wildman–Crippen MR) is 60.4 cm³/mol. The zero-order chi connectivity index (χ0) is 13.0. The second-order valence-electron chi connectivity index (χ2n) is 3.57. The fourth-order valence-electron chi connectivity index (χ4n) is 1.16. The average Bonchev–Trinajstić information content (AvgIpc) is 2.24. The molecule has 17 heavy (non-hydrogen) atoms. The molecule has 6 heteroatoms. The highest BCUT2D eigenvalue weighted by molar-refractivity contribution is 5.92. The number of nitrogens with one attached hydrogen (secondary N) is 2. The maximum Gasteiger partial charge on any atom is 0.325 e. The Balaban J connectivity index is 2.69. The largest absolute Gasteiger partial charge is 0.480 e. The topological polar surface area (TPSA) is 78.4 Å². The molecule has 1 aromatic rings. The molecule has 0 aromatic heterocycles.